The smallest absolute Gasteiger partial charge is 0.292 e. The zero-order valence-corrected chi connectivity index (χ0v) is 13.5. The largest absolute Gasteiger partial charge is 0.485 e. The van der Waals surface area contributed by atoms with Crippen LogP contribution in [0.15, 0.2) is 28.9 Å². The lowest BCUT2D eigenvalue weighted by atomic mass is 10.3. The molecule has 1 saturated heterocycles. The van der Waals surface area contributed by atoms with Gasteiger partial charge in [0.2, 0.25) is 5.76 Å². The van der Waals surface area contributed by atoms with Crippen molar-refractivity contribution < 1.29 is 14.1 Å². The van der Waals surface area contributed by atoms with Crippen LogP contribution in [0.2, 0.25) is 0 Å². The quantitative estimate of drug-likeness (QED) is 0.855. The first-order valence-electron chi connectivity index (χ1n) is 7.56. The maximum Gasteiger partial charge on any atom is 0.292 e. The van der Waals surface area contributed by atoms with Gasteiger partial charge in [0, 0.05) is 39.3 Å². The van der Waals surface area contributed by atoms with Crippen LogP contribution in [0, 0.1) is 6.92 Å². The molecule has 7 nitrogen and oxygen atoms in total. The molecule has 0 unspecified atom stereocenters. The summed E-state index contributed by atoms with van der Waals surface area (Å²) in [5, 5.41) is 3.76. The molecule has 0 aliphatic carbocycles. The molecular weight excluding hydrogens is 296 g/mol. The highest BCUT2D eigenvalue weighted by atomic mass is 16.5. The number of rotatable bonds is 4. The number of aromatic nitrogens is 2. The van der Waals surface area contributed by atoms with E-state index < -0.39 is 0 Å². The number of carbonyl (C=O) groups excluding carboxylic acids is 1. The highest BCUT2D eigenvalue weighted by molar-refractivity contribution is 5.91. The summed E-state index contributed by atoms with van der Waals surface area (Å²) < 4.78 is 11.1. The van der Waals surface area contributed by atoms with E-state index in [0.29, 0.717) is 18.8 Å². The number of amides is 1. The van der Waals surface area contributed by atoms with E-state index in [-0.39, 0.29) is 17.8 Å². The Morgan fingerprint density at radius 1 is 1.48 bits per heavy atom. The Hall–Kier alpha value is -2.57. The van der Waals surface area contributed by atoms with Gasteiger partial charge in [0.1, 0.15) is 6.10 Å². The first kappa shape index (κ1) is 15.3. The number of anilines is 1. The monoisotopic (exact) mass is 316 g/mol. The SMILES string of the molecule is Cc1cc(C(=O)N2CC[C@@H](Oc3cccnc3N(C)C)C2)on1. The first-order valence-corrected chi connectivity index (χ1v) is 7.56. The minimum absolute atomic E-state index is 0.0501. The topological polar surface area (TPSA) is 71.7 Å². The second-order valence-electron chi connectivity index (χ2n) is 5.83. The summed E-state index contributed by atoms with van der Waals surface area (Å²) in [5.74, 6) is 1.64. The molecule has 0 radical (unpaired) electrons. The van der Waals surface area contributed by atoms with Crippen molar-refractivity contribution >= 4 is 11.7 Å². The molecule has 1 aliphatic heterocycles. The minimum atomic E-state index is -0.143. The molecule has 2 aromatic rings. The number of likely N-dealkylation sites (tertiary alicyclic amines) is 1. The molecule has 3 heterocycles. The Bertz CT molecular complexity index is 698. The second kappa shape index (κ2) is 6.28. The Morgan fingerprint density at radius 3 is 3.00 bits per heavy atom. The molecule has 1 atom stereocenters. The number of carbonyl (C=O) groups is 1. The van der Waals surface area contributed by atoms with Crippen molar-refractivity contribution in [1.29, 1.82) is 0 Å². The van der Waals surface area contributed by atoms with Crippen molar-refractivity contribution in [2.45, 2.75) is 19.4 Å². The van der Waals surface area contributed by atoms with E-state index in [1.807, 2.05) is 31.1 Å². The van der Waals surface area contributed by atoms with Crippen LogP contribution in [-0.4, -0.2) is 54.2 Å². The van der Waals surface area contributed by atoms with Crippen LogP contribution < -0.4 is 9.64 Å². The van der Waals surface area contributed by atoms with E-state index in [4.69, 9.17) is 9.26 Å². The zero-order chi connectivity index (χ0) is 16.4. The van der Waals surface area contributed by atoms with Gasteiger partial charge in [-0.3, -0.25) is 4.79 Å². The minimum Gasteiger partial charge on any atom is -0.485 e. The molecule has 23 heavy (non-hydrogen) atoms. The fourth-order valence-corrected chi connectivity index (χ4v) is 2.62. The van der Waals surface area contributed by atoms with Crippen LogP contribution in [0.4, 0.5) is 5.82 Å². The van der Waals surface area contributed by atoms with E-state index in [1.165, 1.54) is 0 Å². The molecule has 3 rings (SSSR count). The molecule has 1 fully saturated rings. The summed E-state index contributed by atoms with van der Waals surface area (Å²) >= 11 is 0. The van der Waals surface area contributed by atoms with Gasteiger partial charge in [-0.15, -0.1) is 0 Å². The Kier molecular flexibility index (Phi) is 4.18. The second-order valence-corrected chi connectivity index (χ2v) is 5.83. The lowest BCUT2D eigenvalue weighted by Crippen LogP contribution is -2.30. The average Bonchev–Trinajstić information content (AvgIpc) is 3.16. The number of aryl methyl sites for hydroxylation is 1. The maximum atomic E-state index is 12.3. The van der Waals surface area contributed by atoms with Gasteiger partial charge in [-0.1, -0.05) is 5.16 Å². The molecule has 0 saturated carbocycles. The Balaban J connectivity index is 1.65. The lowest BCUT2D eigenvalue weighted by Gasteiger charge is -2.20. The predicted molar refractivity (Wildman–Crippen MR) is 84.7 cm³/mol. The van der Waals surface area contributed by atoms with Crippen molar-refractivity contribution in [1.82, 2.24) is 15.0 Å². The molecule has 0 aromatic carbocycles. The van der Waals surface area contributed by atoms with Gasteiger partial charge in [-0.05, 0) is 19.1 Å². The van der Waals surface area contributed by atoms with Crippen molar-refractivity contribution in [3.63, 3.8) is 0 Å². The van der Waals surface area contributed by atoms with Crippen LogP contribution in [0.3, 0.4) is 0 Å². The number of ether oxygens (including phenoxy) is 1. The van der Waals surface area contributed by atoms with Gasteiger partial charge in [0.05, 0.1) is 12.2 Å². The third-order valence-electron chi connectivity index (χ3n) is 3.74. The summed E-state index contributed by atoms with van der Waals surface area (Å²) in [5.41, 5.74) is 0.700. The van der Waals surface area contributed by atoms with Crippen molar-refractivity contribution in [3.8, 4) is 5.75 Å². The highest BCUT2D eigenvalue weighted by Gasteiger charge is 2.30. The standard InChI is InChI=1S/C16H20N4O3/c1-11-9-14(23-18-11)16(21)20-8-6-12(10-20)22-13-5-4-7-17-15(13)19(2)3/h4-5,7,9,12H,6,8,10H2,1-3H3/t12-/m1/s1. The number of nitrogens with zero attached hydrogens (tertiary/aromatic N) is 4. The van der Waals surface area contributed by atoms with E-state index in [2.05, 4.69) is 10.1 Å². The fraction of sp³-hybridized carbons (Fsp3) is 0.438. The third kappa shape index (κ3) is 3.28. The molecule has 1 aliphatic rings. The molecule has 122 valence electrons. The maximum absolute atomic E-state index is 12.3. The van der Waals surface area contributed by atoms with Crippen molar-refractivity contribution in [3.05, 3.63) is 35.9 Å². The summed E-state index contributed by atoms with van der Waals surface area (Å²) in [7, 11) is 3.85. The summed E-state index contributed by atoms with van der Waals surface area (Å²) in [6.45, 7) is 2.96. The molecule has 1 amide bonds. The van der Waals surface area contributed by atoms with Crippen LogP contribution >= 0.6 is 0 Å². The van der Waals surface area contributed by atoms with Crippen molar-refractivity contribution in [2.24, 2.45) is 0 Å². The van der Waals surface area contributed by atoms with Gasteiger partial charge < -0.3 is 19.1 Å². The van der Waals surface area contributed by atoms with Crippen molar-refractivity contribution in [2.75, 3.05) is 32.1 Å². The molecule has 0 bridgehead atoms. The zero-order valence-electron chi connectivity index (χ0n) is 13.5. The van der Waals surface area contributed by atoms with E-state index in [9.17, 15) is 4.79 Å². The van der Waals surface area contributed by atoms with Crippen LogP contribution in [0.5, 0.6) is 5.75 Å². The van der Waals surface area contributed by atoms with E-state index in [1.54, 1.807) is 24.1 Å². The molecule has 0 N–H and O–H groups in total. The summed E-state index contributed by atoms with van der Waals surface area (Å²) in [6.07, 6.45) is 2.46. The molecule has 2 aromatic heterocycles. The lowest BCUT2D eigenvalue weighted by molar-refractivity contribution is 0.0731. The predicted octanol–water partition coefficient (Wildman–Crippen LogP) is 1.74. The molecule has 7 heteroatoms. The molecular formula is C16H20N4O3. The van der Waals surface area contributed by atoms with Gasteiger partial charge >= 0.3 is 0 Å². The fourth-order valence-electron chi connectivity index (χ4n) is 2.62. The summed E-state index contributed by atoms with van der Waals surface area (Å²) in [4.78, 5) is 20.3. The average molecular weight is 316 g/mol. The van der Waals surface area contributed by atoms with Gasteiger partial charge in [0.25, 0.3) is 5.91 Å². The van der Waals surface area contributed by atoms with Crippen LogP contribution in [-0.2, 0) is 0 Å². The normalized spacial score (nSPS) is 17.3. The third-order valence-corrected chi connectivity index (χ3v) is 3.74. The highest BCUT2D eigenvalue weighted by Crippen LogP contribution is 2.27. The van der Waals surface area contributed by atoms with E-state index >= 15 is 0 Å². The van der Waals surface area contributed by atoms with Gasteiger partial charge in [0.15, 0.2) is 11.6 Å². The molecule has 0 spiro atoms. The Morgan fingerprint density at radius 2 is 2.30 bits per heavy atom. The first-order chi connectivity index (χ1) is 11.0. The number of pyridine rings is 1. The van der Waals surface area contributed by atoms with Gasteiger partial charge in [-0.2, -0.15) is 0 Å². The number of hydrogen-bond donors (Lipinski definition) is 0. The number of hydrogen-bond acceptors (Lipinski definition) is 6. The Labute approximate surface area is 134 Å². The summed E-state index contributed by atoms with van der Waals surface area (Å²) in [6, 6.07) is 5.39. The van der Waals surface area contributed by atoms with Crippen LogP contribution in [0.25, 0.3) is 0 Å². The van der Waals surface area contributed by atoms with Crippen LogP contribution in [0.1, 0.15) is 22.7 Å². The van der Waals surface area contributed by atoms with E-state index in [0.717, 1.165) is 18.0 Å². The van der Waals surface area contributed by atoms with Gasteiger partial charge in [-0.25, -0.2) is 4.98 Å².